The zero-order valence-electron chi connectivity index (χ0n) is 13.2. The van der Waals surface area contributed by atoms with Crippen molar-refractivity contribution < 1.29 is 0 Å². The Morgan fingerprint density at radius 1 is 0.778 bits per heavy atom. The van der Waals surface area contributed by atoms with Gasteiger partial charge in [0.05, 0.1) is 0 Å². The Morgan fingerprint density at radius 2 is 1.28 bits per heavy atom. The molecule has 110 valence electrons. The molecule has 1 heteroatoms. The SMILES string of the molecule is CCCCCCCCCCC(Cl)CCC(C)(C)C. The molecular formula is C17H35Cl. The summed E-state index contributed by atoms with van der Waals surface area (Å²) < 4.78 is 0. The number of hydrogen-bond donors (Lipinski definition) is 0. The zero-order valence-corrected chi connectivity index (χ0v) is 14.0. The minimum Gasteiger partial charge on any atom is -0.123 e. The third kappa shape index (κ3) is 14.4. The summed E-state index contributed by atoms with van der Waals surface area (Å²) in [6.07, 6.45) is 14.8. The molecule has 0 saturated heterocycles. The van der Waals surface area contributed by atoms with E-state index in [0.717, 1.165) is 0 Å². The summed E-state index contributed by atoms with van der Waals surface area (Å²) in [6.45, 7) is 9.17. The van der Waals surface area contributed by atoms with Gasteiger partial charge >= 0.3 is 0 Å². The molecule has 0 aromatic heterocycles. The fraction of sp³-hybridized carbons (Fsp3) is 1.00. The van der Waals surface area contributed by atoms with E-state index in [9.17, 15) is 0 Å². The molecule has 0 rings (SSSR count). The van der Waals surface area contributed by atoms with Crippen LogP contribution >= 0.6 is 11.6 Å². The molecule has 0 fully saturated rings. The van der Waals surface area contributed by atoms with Crippen LogP contribution in [0.1, 0.15) is 98.3 Å². The first kappa shape index (κ1) is 18.3. The van der Waals surface area contributed by atoms with Crippen molar-refractivity contribution in [3.05, 3.63) is 0 Å². The molecule has 0 nitrogen and oxygen atoms in total. The van der Waals surface area contributed by atoms with Crippen molar-refractivity contribution in [2.75, 3.05) is 0 Å². The molecule has 18 heavy (non-hydrogen) atoms. The fourth-order valence-electron chi connectivity index (χ4n) is 2.23. The van der Waals surface area contributed by atoms with Crippen LogP contribution in [-0.4, -0.2) is 5.38 Å². The van der Waals surface area contributed by atoms with Crippen LogP contribution in [0.3, 0.4) is 0 Å². The van der Waals surface area contributed by atoms with E-state index in [1.54, 1.807) is 0 Å². The van der Waals surface area contributed by atoms with E-state index in [4.69, 9.17) is 11.6 Å². The second-order valence-electron chi connectivity index (χ2n) is 6.96. The number of rotatable bonds is 11. The molecular weight excluding hydrogens is 240 g/mol. The Kier molecular flexibility index (Phi) is 11.3. The Bertz CT molecular complexity index is 169. The highest BCUT2D eigenvalue weighted by Crippen LogP contribution is 2.25. The van der Waals surface area contributed by atoms with E-state index in [1.807, 2.05) is 0 Å². The molecule has 0 spiro atoms. The first-order chi connectivity index (χ1) is 8.45. The number of alkyl halides is 1. The Balaban J connectivity index is 3.23. The van der Waals surface area contributed by atoms with E-state index in [2.05, 4.69) is 27.7 Å². The smallest absolute Gasteiger partial charge is 0.0336 e. The van der Waals surface area contributed by atoms with Crippen molar-refractivity contribution in [2.45, 2.75) is 104 Å². The van der Waals surface area contributed by atoms with Crippen LogP contribution in [0.5, 0.6) is 0 Å². The predicted octanol–water partition coefficient (Wildman–Crippen LogP) is 6.95. The van der Waals surface area contributed by atoms with Gasteiger partial charge in [0.1, 0.15) is 0 Å². The molecule has 0 aromatic carbocycles. The van der Waals surface area contributed by atoms with Gasteiger partial charge in [-0.25, -0.2) is 0 Å². The molecule has 1 unspecified atom stereocenters. The van der Waals surface area contributed by atoms with Gasteiger partial charge in [-0.2, -0.15) is 0 Å². The molecule has 0 radical (unpaired) electrons. The number of unbranched alkanes of at least 4 members (excludes halogenated alkanes) is 7. The van der Waals surface area contributed by atoms with Crippen molar-refractivity contribution in [3.8, 4) is 0 Å². The summed E-state index contributed by atoms with van der Waals surface area (Å²) in [4.78, 5) is 0. The predicted molar refractivity (Wildman–Crippen MR) is 85.6 cm³/mol. The van der Waals surface area contributed by atoms with Gasteiger partial charge < -0.3 is 0 Å². The average molecular weight is 275 g/mol. The van der Waals surface area contributed by atoms with Gasteiger partial charge in [-0.15, -0.1) is 11.6 Å². The fourth-order valence-corrected chi connectivity index (χ4v) is 2.50. The van der Waals surface area contributed by atoms with Gasteiger partial charge in [-0.1, -0.05) is 79.1 Å². The first-order valence-corrected chi connectivity index (χ1v) is 8.53. The molecule has 0 heterocycles. The van der Waals surface area contributed by atoms with Gasteiger partial charge in [-0.05, 0) is 24.7 Å². The van der Waals surface area contributed by atoms with Crippen LogP contribution in [0.2, 0.25) is 0 Å². The van der Waals surface area contributed by atoms with Crippen LogP contribution in [0.4, 0.5) is 0 Å². The molecule has 0 bridgehead atoms. The minimum absolute atomic E-state index is 0.407. The lowest BCUT2D eigenvalue weighted by Crippen LogP contribution is -2.09. The monoisotopic (exact) mass is 274 g/mol. The summed E-state index contributed by atoms with van der Waals surface area (Å²) >= 11 is 6.37. The third-order valence-corrected chi connectivity index (χ3v) is 4.01. The quantitative estimate of drug-likeness (QED) is 0.282. The van der Waals surface area contributed by atoms with E-state index in [1.165, 1.54) is 70.6 Å². The highest BCUT2D eigenvalue weighted by molar-refractivity contribution is 6.20. The summed E-state index contributed by atoms with van der Waals surface area (Å²) in [6, 6.07) is 0. The maximum absolute atomic E-state index is 6.37. The van der Waals surface area contributed by atoms with Crippen LogP contribution in [-0.2, 0) is 0 Å². The average Bonchev–Trinajstić information content (AvgIpc) is 2.29. The van der Waals surface area contributed by atoms with Crippen molar-refractivity contribution in [1.82, 2.24) is 0 Å². The van der Waals surface area contributed by atoms with Crippen LogP contribution in [0, 0.1) is 5.41 Å². The van der Waals surface area contributed by atoms with Gasteiger partial charge in [0, 0.05) is 5.38 Å². The molecule has 0 aromatic rings. The van der Waals surface area contributed by atoms with Gasteiger partial charge in [-0.3, -0.25) is 0 Å². The lowest BCUT2D eigenvalue weighted by molar-refractivity contribution is 0.358. The largest absolute Gasteiger partial charge is 0.123 e. The topological polar surface area (TPSA) is 0 Å². The lowest BCUT2D eigenvalue weighted by atomic mass is 9.89. The molecule has 0 aliphatic heterocycles. The summed E-state index contributed by atoms with van der Waals surface area (Å²) in [5.74, 6) is 0. The second kappa shape index (κ2) is 11.1. The molecule has 0 aliphatic carbocycles. The van der Waals surface area contributed by atoms with Gasteiger partial charge in [0.15, 0.2) is 0 Å². The van der Waals surface area contributed by atoms with Crippen molar-refractivity contribution in [3.63, 3.8) is 0 Å². The van der Waals surface area contributed by atoms with Crippen LogP contribution in [0.25, 0.3) is 0 Å². The Hall–Kier alpha value is 0.290. The summed E-state index contributed by atoms with van der Waals surface area (Å²) in [5.41, 5.74) is 0.437. The van der Waals surface area contributed by atoms with E-state index in [-0.39, 0.29) is 0 Å². The van der Waals surface area contributed by atoms with E-state index >= 15 is 0 Å². The zero-order chi connectivity index (χ0) is 13.9. The van der Waals surface area contributed by atoms with Crippen molar-refractivity contribution in [1.29, 1.82) is 0 Å². The maximum atomic E-state index is 6.37. The first-order valence-electron chi connectivity index (χ1n) is 8.10. The molecule has 0 saturated carbocycles. The van der Waals surface area contributed by atoms with Crippen LogP contribution in [0.15, 0.2) is 0 Å². The van der Waals surface area contributed by atoms with Gasteiger partial charge in [0.2, 0.25) is 0 Å². The van der Waals surface area contributed by atoms with Crippen molar-refractivity contribution >= 4 is 11.6 Å². The minimum atomic E-state index is 0.407. The highest BCUT2D eigenvalue weighted by atomic mass is 35.5. The Labute approximate surface area is 121 Å². The molecule has 0 aliphatic rings. The van der Waals surface area contributed by atoms with Gasteiger partial charge in [0.25, 0.3) is 0 Å². The Morgan fingerprint density at radius 3 is 1.78 bits per heavy atom. The lowest BCUT2D eigenvalue weighted by Gasteiger charge is -2.19. The standard InChI is InChI=1S/C17H35Cl/c1-5-6-7-8-9-10-11-12-13-16(18)14-15-17(2,3)4/h16H,5-15H2,1-4H3. The summed E-state index contributed by atoms with van der Waals surface area (Å²) in [7, 11) is 0. The van der Waals surface area contributed by atoms with Crippen LogP contribution < -0.4 is 0 Å². The van der Waals surface area contributed by atoms with E-state index in [0.29, 0.717) is 10.8 Å². The normalized spacial score (nSPS) is 13.8. The second-order valence-corrected chi connectivity index (χ2v) is 7.58. The highest BCUT2D eigenvalue weighted by Gasteiger charge is 2.13. The van der Waals surface area contributed by atoms with Crippen molar-refractivity contribution in [2.24, 2.45) is 5.41 Å². The summed E-state index contributed by atoms with van der Waals surface area (Å²) in [5, 5.41) is 0.407. The molecule has 1 atom stereocenters. The number of halogens is 1. The number of hydrogen-bond acceptors (Lipinski definition) is 0. The maximum Gasteiger partial charge on any atom is 0.0336 e. The molecule has 0 N–H and O–H groups in total. The third-order valence-electron chi connectivity index (χ3n) is 3.58. The van der Waals surface area contributed by atoms with E-state index < -0.39 is 0 Å². The molecule has 0 amide bonds.